The molecule has 1 saturated heterocycles. The Labute approximate surface area is 209 Å². The van der Waals surface area contributed by atoms with Crippen LogP contribution in [0.15, 0.2) is 29.3 Å². The summed E-state index contributed by atoms with van der Waals surface area (Å²) < 4.78 is 0. The summed E-state index contributed by atoms with van der Waals surface area (Å²) in [5, 5.41) is 23.9. The molecule has 1 fully saturated rings. The largest absolute Gasteiger partial charge is 0.508 e. The van der Waals surface area contributed by atoms with Gasteiger partial charge in [-0.3, -0.25) is 19.4 Å². The van der Waals surface area contributed by atoms with E-state index in [4.69, 9.17) is 17.2 Å². The van der Waals surface area contributed by atoms with E-state index in [1.807, 2.05) is 0 Å². The van der Waals surface area contributed by atoms with Gasteiger partial charge in [0.2, 0.25) is 17.7 Å². The van der Waals surface area contributed by atoms with E-state index in [1.165, 1.54) is 24.0 Å². The van der Waals surface area contributed by atoms with Gasteiger partial charge in [0.25, 0.3) is 0 Å². The van der Waals surface area contributed by atoms with Crippen molar-refractivity contribution in [1.29, 1.82) is 0 Å². The molecule has 4 unspecified atom stereocenters. The van der Waals surface area contributed by atoms with Crippen molar-refractivity contribution in [3.8, 4) is 5.75 Å². The Bertz CT molecular complexity index is 964. The van der Waals surface area contributed by atoms with Gasteiger partial charge in [-0.2, -0.15) is 0 Å². The average molecular weight is 506 g/mol. The van der Waals surface area contributed by atoms with Crippen LogP contribution < -0.4 is 27.8 Å². The molecule has 1 aliphatic heterocycles. The van der Waals surface area contributed by atoms with Gasteiger partial charge in [-0.15, -0.1) is 0 Å². The molecule has 36 heavy (non-hydrogen) atoms. The maximum atomic E-state index is 13.0. The van der Waals surface area contributed by atoms with Gasteiger partial charge in [0, 0.05) is 13.1 Å². The molecule has 198 valence electrons. The number of guanidine groups is 1. The molecule has 1 aromatic rings. The average Bonchev–Trinajstić information content (AvgIpc) is 3.31. The SMILES string of the molecule is CC(NC(=O)C(N)Cc1ccc(O)cc1)C(=O)N1CCCC1C(=O)NC(CCCN=C(N)N)C(=O)O. The number of nitrogens with two attached hydrogens (primary N) is 3. The van der Waals surface area contributed by atoms with Gasteiger partial charge < -0.3 is 42.9 Å². The van der Waals surface area contributed by atoms with Gasteiger partial charge in [0.15, 0.2) is 5.96 Å². The summed E-state index contributed by atoms with van der Waals surface area (Å²) in [6, 6.07) is 2.42. The van der Waals surface area contributed by atoms with E-state index in [1.54, 1.807) is 12.1 Å². The minimum Gasteiger partial charge on any atom is -0.508 e. The summed E-state index contributed by atoms with van der Waals surface area (Å²) in [6.45, 7) is 2.03. The predicted octanol–water partition coefficient (Wildman–Crippen LogP) is -1.62. The van der Waals surface area contributed by atoms with Crippen molar-refractivity contribution in [2.45, 2.75) is 63.2 Å². The second kappa shape index (κ2) is 13.3. The topological polar surface area (TPSA) is 226 Å². The maximum Gasteiger partial charge on any atom is 0.326 e. The zero-order valence-corrected chi connectivity index (χ0v) is 20.2. The number of rotatable bonds is 12. The Kier molecular flexibility index (Phi) is 10.5. The monoisotopic (exact) mass is 505 g/mol. The van der Waals surface area contributed by atoms with Crippen LogP contribution in [-0.2, 0) is 25.6 Å². The number of nitrogens with zero attached hydrogens (tertiary/aromatic N) is 2. The van der Waals surface area contributed by atoms with Crippen LogP contribution in [0.25, 0.3) is 0 Å². The minimum absolute atomic E-state index is 0.0980. The molecule has 4 atom stereocenters. The summed E-state index contributed by atoms with van der Waals surface area (Å²) in [5.74, 6) is -2.77. The number of aliphatic imine (C=N–C) groups is 1. The van der Waals surface area contributed by atoms with Crippen LogP contribution in [0.2, 0.25) is 0 Å². The van der Waals surface area contributed by atoms with E-state index in [0.717, 1.165) is 5.56 Å². The minimum atomic E-state index is -1.20. The van der Waals surface area contributed by atoms with Gasteiger partial charge in [-0.25, -0.2) is 4.79 Å². The number of nitrogens with one attached hydrogen (secondary N) is 2. The highest BCUT2D eigenvalue weighted by atomic mass is 16.4. The number of phenols is 1. The second-order valence-electron chi connectivity index (χ2n) is 8.75. The first-order valence-corrected chi connectivity index (χ1v) is 11.7. The third-order valence-electron chi connectivity index (χ3n) is 5.86. The Balaban J connectivity index is 1.92. The van der Waals surface area contributed by atoms with Gasteiger partial charge in [0.1, 0.15) is 23.9 Å². The second-order valence-corrected chi connectivity index (χ2v) is 8.75. The van der Waals surface area contributed by atoms with E-state index >= 15 is 0 Å². The number of carboxylic acid groups (broad SMARTS) is 1. The van der Waals surface area contributed by atoms with Crippen molar-refractivity contribution in [1.82, 2.24) is 15.5 Å². The van der Waals surface area contributed by atoms with Crippen molar-refractivity contribution < 1.29 is 29.4 Å². The van der Waals surface area contributed by atoms with Crippen LogP contribution in [0.3, 0.4) is 0 Å². The predicted molar refractivity (Wildman–Crippen MR) is 132 cm³/mol. The van der Waals surface area contributed by atoms with Gasteiger partial charge in [0.05, 0.1) is 6.04 Å². The third kappa shape index (κ3) is 8.41. The van der Waals surface area contributed by atoms with Crippen LogP contribution in [0.5, 0.6) is 5.75 Å². The zero-order chi connectivity index (χ0) is 26.8. The van der Waals surface area contributed by atoms with Crippen molar-refractivity contribution in [2.24, 2.45) is 22.2 Å². The molecule has 13 heteroatoms. The van der Waals surface area contributed by atoms with E-state index in [-0.39, 0.29) is 31.1 Å². The lowest BCUT2D eigenvalue weighted by Crippen LogP contribution is -2.56. The number of carbonyl (C=O) groups is 4. The van der Waals surface area contributed by atoms with Crippen LogP contribution in [0, 0.1) is 0 Å². The fourth-order valence-corrected chi connectivity index (χ4v) is 3.94. The van der Waals surface area contributed by atoms with Crippen LogP contribution in [0.1, 0.15) is 38.2 Å². The smallest absolute Gasteiger partial charge is 0.326 e. The summed E-state index contributed by atoms with van der Waals surface area (Å²) in [5.41, 5.74) is 17.2. The van der Waals surface area contributed by atoms with Crippen LogP contribution in [0.4, 0.5) is 0 Å². The lowest BCUT2D eigenvalue weighted by atomic mass is 10.1. The molecule has 0 aromatic heterocycles. The highest BCUT2D eigenvalue weighted by Crippen LogP contribution is 2.19. The van der Waals surface area contributed by atoms with E-state index in [0.29, 0.717) is 25.8 Å². The molecular formula is C23H35N7O6. The molecule has 0 aliphatic carbocycles. The molecule has 1 aromatic carbocycles. The Morgan fingerprint density at radius 2 is 1.83 bits per heavy atom. The number of likely N-dealkylation sites (tertiary alicyclic amines) is 1. The van der Waals surface area contributed by atoms with E-state index in [2.05, 4.69) is 15.6 Å². The number of benzene rings is 1. The molecule has 10 N–H and O–H groups in total. The fourth-order valence-electron chi connectivity index (χ4n) is 3.94. The number of phenolic OH excluding ortho intramolecular Hbond substituents is 1. The summed E-state index contributed by atoms with van der Waals surface area (Å²) >= 11 is 0. The number of hydrogen-bond donors (Lipinski definition) is 7. The molecule has 3 amide bonds. The van der Waals surface area contributed by atoms with E-state index in [9.17, 15) is 29.4 Å². The van der Waals surface area contributed by atoms with Gasteiger partial charge >= 0.3 is 5.97 Å². The maximum absolute atomic E-state index is 13.0. The Morgan fingerprint density at radius 1 is 1.17 bits per heavy atom. The molecule has 1 aliphatic rings. The number of aromatic hydroxyl groups is 1. The number of carbonyl (C=O) groups excluding carboxylic acids is 3. The number of hydrogen-bond acceptors (Lipinski definition) is 7. The zero-order valence-electron chi connectivity index (χ0n) is 20.2. The van der Waals surface area contributed by atoms with Crippen molar-refractivity contribution in [3.05, 3.63) is 29.8 Å². The molecule has 1 heterocycles. The van der Waals surface area contributed by atoms with Crippen molar-refractivity contribution in [2.75, 3.05) is 13.1 Å². The number of aliphatic carboxylic acids is 1. The quantitative estimate of drug-likeness (QED) is 0.0982. The highest BCUT2D eigenvalue weighted by Gasteiger charge is 2.37. The number of carboxylic acids is 1. The van der Waals surface area contributed by atoms with Crippen LogP contribution >= 0.6 is 0 Å². The lowest BCUT2D eigenvalue weighted by molar-refractivity contribution is -0.144. The van der Waals surface area contributed by atoms with E-state index < -0.39 is 47.9 Å². The molecule has 0 saturated carbocycles. The van der Waals surface area contributed by atoms with Crippen molar-refractivity contribution in [3.63, 3.8) is 0 Å². The molecule has 2 rings (SSSR count). The Hall–Kier alpha value is -3.87. The van der Waals surface area contributed by atoms with Gasteiger partial charge in [-0.05, 0) is 56.7 Å². The highest BCUT2D eigenvalue weighted by molar-refractivity contribution is 5.94. The third-order valence-corrected chi connectivity index (χ3v) is 5.86. The first kappa shape index (κ1) is 28.4. The first-order chi connectivity index (χ1) is 17.0. The first-order valence-electron chi connectivity index (χ1n) is 11.7. The molecular weight excluding hydrogens is 470 g/mol. The molecule has 0 bridgehead atoms. The molecule has 0 radical (unpaired) electrons. The number of amides is 3. The molecule has 0 spiro atoms. The lowest BCUT2D eigenvalue weighted by Gasteiger charge is -2.28. The summed E-state index contributed by atoms with van der Waals surface area (Å²) in [7, 11) is 0. The standard InChI is InChI=1S/C23H35N7O6/c1-13(28-19(32)16(24)12-14-6-8-15(31)9-7-14)21(34)30-11-3-5-18(30)20(33)29-17(22(35)36)4-2-10-27-23(25)26/h6-9,13,16-18,31H,2-5,10-12,24H2,1H3,(H,28,32)(H,29,33)(H,35,36)(H4,25,26,27). The van der Waals surface area contributed by atoms with Gasteiger partial charge in [-0.1, -0.05) is 12.1 Å². The fraction of sp³-hybridized carbons (Fsp3) is 0.522. The molecule has 13 nitrogen and oxygen atoms in total. The van der Waals surface area contributed by atoms with Crippen molar-refractivity contribution >= 4 is 29.7 Å². The Morgan fingerprint density at radius 3 is 2.44 bits per heavy atom. The van der Waals surface area contributed by atoms with Crippen LogP contribution in [-0.4, -0.2) is 82.0 Å². The summed E-state index contributed by atoms with van der Waals surface area (Å²) in [6.07, 6.45) is 1.60. The normalized spacial score (nSPS) is 17.5. The summed E-state index contributed by atoms with van der Waals surface area (Å²) in [4.78, 5) is 55.1.